The van der Waals surface area contributed by atoms with E-state index in [2.05, 4.69) is 4.98 Å². The Kier molecular flexibility index (Phi) is 6.17. The van der Waals surface area contributed by atoms with Crippen molar-refractivity contribution in [2.24, 2.45) is 10.1 Å². The Balaban J connectivity index is 1.64. The Morgan fingerprint density at radius 2 is 1.88 bits per heavy atom. The topological polar surface area (TPSA) is 61.0 Å². The summed E-state index contributed by atoms with van der Waals surface area (Å²) < 4.78 is 13.2. The quantitative estimate of drug-likeness (QED) is 0.316. The molecule has 0 amide bonds. The molecule has 0 bridgehead atoms. The van der Waals surface area contributed by atoms with E-state index in [1.807, 2.05) is 59.4 Å². The molecule has 0 spiro atoms. The van der Waals surface area contributed by atoms with Crippen LogP contribution in [0.5, 0.6) is 11.5 Å². The highest BCUT2D eigenvalue weighted by molar-refractivity contribution is 7.07. The van der Waals surface area contributed by atoms with Gasteiger partial charge in [0.25, 0.3) is 0 Å². The van der Waals surface area contributed by atoms with E-state index in [0.29, 0.717) is 33.8 Å². The summed E-state index contributed by atoms with van der Waals surface area (Å²) in [7, 11) is 0. The second kappa shape index (κ2) is 9.39. The van der Waals surface area contributed by atoms with Gasteiger partial charge in [0.2, 0.25) is 4.80 Å². The highest BCUT2D eigenvalue weighted by atomic mass is 35.5. The van der Waals surface area contributed by atoms with Gasteiger partial charge in [0.1, 0.15) is 13.2 Å². The lowest BCUT2D eigenvalue weighted by atomic mass is 10.1. The van der Waals surface area contributed by atoms with E-state index < -0.39 is 0 Å². The van der Waals surface area contributed by atoms with Gasteiger partial charge < -0.3 is 9.47 Å². The minimum atomic E-state index is 0.477. The minimum Gasteiger partial charge on any atom is -0.486 e. The molecule has 0 radical (unpaired) electrons. The van der Waals surface area contributed by atoms with Gasteiger partial charge in [0.05, 0.1) is 33.3 Å². The summed E-state index contributed by atoms with van der Waals surface area (Å²) in [5.74, 6) is 1.46. The molecule has 5 rings (SSSR count). The maximum Gasteiger partial charge on any atom is 0.211 e. The van der Waals surface area contributed by atoms with Crippen LogP contribution in [0.2, 0.25) is 10.0 Å². The molecule has 0 unspecified atom stereocenters. The molecule has 2 aromatic heterocycles. The first-order chi connectivity index (χ1) is 16.1. The molecule has 166 valence electrons. The summed E-state index contributed by atoms with van der Waals surface area (Å²) in [5.41, 5.74) is 4.18. The fraction of sp³-hybridized carbons (Fsp3) is 0.125. The van der Waals surface area contributed by atoms with Crippen molar-refractivity contribution < 1.29 is 9.47 Å². The molecular formula is C24H18Cl2N4O2S. The largest absolute Gasteiger partial charge is 0.486 e. The van der Waals surface area contributed by atoms with Crippen molar-refractivity contribution in [3.63, 3.8) is 0 Å². The molecule has 6 nitrogen and oxygen atoms in total. The number of benzene rings is 2. The van der Waals surface area contributed by atoms with Gasteiger partial charge in [-0.3, -0.25) is 4.98 Å². The first kappa shape index (κ1) is 21.7. The van der Waals surface area contributed by atoms with Crippen LogP contribution in [0.4, 0.5) is 5.69 Å². The van der Waals surface area contributed by atoms with E-state index in [-0.39, 0.29) is 0 Å². The Labute approximate surface area is 204 Å². The zero-order valence-corrected chi connectivity index (χ0v) is 19.9. The smallest absolute Gasteiger partial charge is 0.211 e. The number of ether oxygens (including phenoxy) is 2. The van der Waals surface area contributed by atoms with Crippen LogP contribution in [-0.4, -0.2) is 28.6 Å². The van der Waals surface area contributed by atoms with Gasteiger partial charge in [0, 0.05) is 22.7 Å². The van der Waals surface area contributed by atoms with Gasteiger partial charge in [-0.15, -0.1) is 11.3 Å². The molecule has 1 aliphatic rings. The monoisotopic (exact) mass is 496 g/mol. The number of fused-ring (bicyclic) bond motifs is 1. The summed E-state index contributed by atoms with van der Waals surface area (Å²) in [6.07, 6.45) is 3.42. The maximum atomic E-state index is 6.29. The number of hydrogen-bond donors (Lipinski definition) is 0. The Morgan fingerprint density at radius 3 is 2.67 bits per heavy atom. The van der Waals surface area contributed by atoms with E-state index in [1.54, 1.807) is 18.5 Å². The molecule has 0 saturated heterocycles. The summed E-state index contributed by atoms with van der Waals surface area (Å²) in [6.45, 7) is 3.03. The molecular weight excluding hydrogens is 479 g/mol. The summed E-state index contributed by atoms with van der Waals surface area (Å²) in [6, 6.07) is 15.1. The van der Waals surface area contributed by atoms with Gasteiger partial charge in [-0.1, -0.05) is 29.3 Å². The van der Waals surface area contributed by atoms with Crippen LogP contribution in [0.25, 0.3) is 11.3 Å². The summed E-state index contributed by atoms with van der Waals surface area (Å²) >= 11 is 13.9. The van der Waals surface area contributed by atoms with Crippen molar-refractivity contribution in [1.29, 1.82) is 0 Å². The van der Waals surface area contributed by atoms with Crippen LogP contribution in [0.3, 0.4) is 0 Å². The number of thiazole rings is 1. The predicted molar refractivity (Wildman–Crippen MR) is 132 cm³/mol. The van der Waals surface area contributed by atoms with E-state index >= 15 is 0 Å². The van der Waals surface area contributed by atoms with E-state index in [1.165, 1.54) is 11.3 Å². The van der Waals surface area contributed by atoms with Crippen LogP contribution < -0.4 is 14.3 Å². The average Bonchev–Trinajstić information content (AvgIpc) is 3.23. The third-order valence-electron chi connectivity index (χ3n) is 4.98. The molecule has 0 aliphatic carbocycles. The fourth-order valence-electron chi connectivity index (χ4n) is 3.33. The number of rotatable bonds is 4. The lowest BCUT2D eigenvalue weighted by molar-refractivity contribution is 0.171. The first-order valence-electron chi connectivity index (χ1n) is 10.1. The van der Waals surface area contributed by atoms with Gasteiger partial charge in [0.15, 0.2) is 11.5 Å². The Bertz CT molecular complexity index is 1410. The molecule has 0 N–H and O–H groups in total. The molecule has 0 fully saturated rings. The fourth-order valence-corrected chi connectivity index (χ4v) is 4.48. The average molecular weight is 497 g/mol. The van der Waals surface area contributed by atoms with Gasteiger partial charge in [-0.2, -0.15) is 5.10 Å². The number of nitrogens with zero attached hydrogens (tertiary/aromatic N) is 4. The van der Waals surface area contributed by atoms with Crippen molar-refractivity contribution in [3.8, 4) is 22.8 Å². The van der Waals surface area contributed by atoms with Crippen molar-refractivity contribution in [3.05, 3.63) is 86.7 Å². The van der Waals surface area contributed by atoms with Crippen LogP contribution in [0.15, 0.2) is 76.4 Å². The second-order valence-corrected chi connectivity index (χ2v) is 8.86. The lowest BCUT2D eigenvalue weighted by Gasteiger charge is -2.18. The predicted octanol–water partition coefficient (Wildman–Crippen LogP) is 6.19. The van der Waals surface area contributed by atoms with Crippen LogP contribution in [0.1, 0.15) is 12.5 Å². The second-order valence-electron chi connectivity index (χ2n) is 7.21. The number of pyridine rings is 1. The minimum absolute atomic E-state index is 0.477. The SMILES string of the molecule is CC(=Nn1c(-c2ccc(Cl)c(Cl)c2)csc1=Nc1cccnc1)c1ccc2c(c1)OCCO2. The van der Waals surface area contributed by atoms with E-state index in [9.17, 15) is 0 Å². The third kappa shape index (κ3) is 4.66. The summed E-state index contributed by atoms with van der Waals surface area (Å²) in [4.78, 5) is 9.60. The number of aromatic nitrogens is 2. The third-order valence-corrected chi connectivity index (χ3v) is 6.54. The van der Waals surface area contributed by atoms with Crippen molar-refractivity contribution in [2.75, 3.05) is 13.2 Å². The molecule has 9 heteroatoms. The first-order valence-corrected chi connectivity index (χ1v) is 11.8. The molecule has 1 aliphatic heterocycles. The number of halogens is 2. The van der Waals surface area contributed by atoms with E-state index in [4.69, 9.17) is 42.8 Å². The van der Waals surface area contributed by atoms with Crippen molar-refractivity contribution >= 4 is 45.9 Å². The van der Waals surface area contributed by atoms with Crippen LogP contribution >= 0.6 is 34.5 Å². The zero-order valence-electron chi connectivity index (χ0n) is 17.5. The zero-order chi connectivity index (χ0) is 22.8. The summed E-state index contributed by atoms with van der Waals surface area (Å²) in [5, 5.41) is 7.89. The molecule has 3 heterocycles. The molecule has 0 saturated carbocycles. The van der Waals surface area contributed by atoms with Gasteiger partial charge in [-0.25, -0.2) is 9.67 Å². The van der Waals surface area contributed by atoms with Crippen LogP contribution in [0, 0.1) is 0 Å². The van der Waals surface area contributed by atoms with Gasteiger partial charge >= 0.3 is 0 Å². The Morgan fingerprint density at radius 1 is 1.03 bits per heavy atom. The highest BCUT2D eigenvalue weighted by Crippen LogP contribution is 2.32. The number of hydrogen-bond acceptors (Lipinski definition) is 6. The molecule has 33 heavy (non-hydrogen) atoms. The van der Waals surface area contributed by atoms with Crippen LogP contribution in [-0.2, 0) is 0 Å². The molecule has 0 atom stereocenters. The molecule has 2 aromatic carbocycles. The van der Waals surface area contributed by atoms with Gasteiger partial charge in [-0.05, 0) is 49.4 Å². The standard InChI is InChI=1S/C24H18Cl2N4O2S/c1-15(16-5-7-22-23(12-16)32-10-9-31-22)29-30-21(17-4-6-19(25)20(26)11-17)14-33-24(30)28-18-3-2-8-27-13-18/h2-8,11-14H,9-10H2,1H3. The van der Waals surface area contributed by atoms with E-state index in [0.717, 1.165) is 34.0 Å². The van der Waals surface area contributed by atoms with Crippen molar-refractivity contribution in [2.45, 2.75) is 6.92 Å². The molecule has 4 aromatic rings. The Hall–Kier alpha value is -3.13. The highest BCUT2D eigenvalue weighted by Gasteiger charge is 2.14. The normalized spacial score (nSPS) is 13.9. The van der Waals surface area contributed by atoms with Crippen molar-refractivity contribution in [1.82, 2.24) is 9.66 Å². The lowest BCUT2D eigenvalue weighted by Crippen LogP contribution is -2.16. The maximum absolute atomic E-state index is 6.29.